The molecule has 1 aliphatic rings. The standard InChI is InChI=1S/C18H26N2/c1-14-8-7-9-15(12-14)20-18(13-19)11-6-5-10-16(18)17(2,3)4/h7-9,12,16,20H,5-6,10-11H2,1-4H3. The molecule has 1 fully saturated rings. The van der Waals surface area contributed by atoms with Gasteiger partial charge in [-0.15, -0.1) is 0 Å². The zero-order valence-corrected chi connectivity index (χ0v) is 13.2. The third-order valence-electron chi connectivity index (χ3n) is 4.54. The summed E-state index contributed by atoms with van der Waals surface area (Å²) in [6.07, 6.45) is 4.45. The highest BCUT2D eigenvalue weighted by molar-refractivity contribution is 5.50. The third-order valence-corrected chi connectivity index (χ3v) is 4.54. The molecule has 2 heteroatoms. The lowest BCUT2D eigenvalue weighted by Gasteiger charge is -2.46. The van der Waals surface area contributed by atoms with E-state index in [1.54, 1.807) is 0 Å². The quantitative estimate of drug-likeness (QED) is 0.829. The normalized spacial score (nSPS) is 26.9. The minimum absolute atomic E-state index is 0.146. The molecule has 2 nitrogen and oxygen atoms in total. The van der Waals surface area contributed by atoms with E-state index in [1.165, 1.54) is 12.0 Å². The average Bonchev–Trinajstić information content (AvgIpc) is 2.38. The van der Waals surface area contributed by atoms with Gasteiger partial charge in [0.05, 0.1) is 6.07 Å². The molecule has 1 aromatic rings. The van der Waals surface area contributed by atoms with Gasteiger partial charge in [0, 0.05) is 11.6 Å². The summed E-state index contributed by atoms with van der Waals surface area (Å²) in [6, 6.07) is 11.0. The predicted molar refractivity (Wildman–Crippen MR) is 84.6 cm³/mol. The van der Waals surface area contributed by atoms with Gasteiger partial charge >= 0.3 is 0 Å². The van der Waals surface area contributed by atoms with Crippen molar-refractivity contribution in [3.05, 3.63) is 29.8 Å². The van der Waals surface area contributed by atoms with Gasteiger partial charge in [-0.1, -0.05) is 45.7 Å². The minimum Gasteiger partial charge on any atom is -0.367 e. The Kier molecular flexibility index (Phi) is 4.09. The Morgan fingerprint density at radius 2 is 2.05 bits per heavy atom. The molecule has 0 amide bonds. The molecule has 0 saturated heterocycles. The van der Waals surface area contributed by atoms with Crippen molar-refractivity contribution in [2.75, 3.05) is 5.32 Å². The summed E-state index contributed by atoms with van der Waals surface area (Å²) < 4.78 is 0. The zero-order chi connectivity index (χ0) is 14.8. The van der Waals surface area contributed by atoms with Crippen molar-refractivity contribution in [2.45, 2.75) is 58.9 Å². The van der Waals surface area contributed by atoms with E-state index < -0.39 is 5.54 Å². The lowest BCUT2D eigenvalue weighted by molar-refractivity contribution is 0.127. The van der Waals surface area contributed by atoms with Gasteiger partial charge in [-0.3, -0.25) is 0 Å². The molecule has 1 aromatic carbocycles. The van der Waals surface area contributed by atoms with Crippen LogP contribution in [0.25, 0.3) is 0 Å². The van der Waals surface area contributed by atoms with Gasteiger partial charge in [0.1, 0.15) is 5.54 Å². The molecule has 0 aromatic heterocycles. The molecule has 1 aliphatic carbocycles. The van der Waals surface area contributed by atoms with Crippen LogP contribution in [0, 0.1) is 29.6 Å². The van der Waals surface area contributed by atoms with Crippen molar-refractivity contribution in [1.82, 2.24) is 0 Å². The van der Waals surface area contributed by atoms with Crippen LogP contribution < -0.4 is 5.32 Å². The number of nitrogens with one attached hydrogen (secondary N) is 1. The van der Waals surface area contributed by atoms with Gasteiger partial charge in [-0.05, 0) is 42.9 Å². The van der Waals surface area contributed by atoms with Gasteiger partial charge in [0.2, 0.25) is 0 Å². The Morgan fingerprint density at radius 1 is 1.30 bits per heavy atom. The number of benzene rings is 1. The summed E-state index contributed by atoms with van der Waals surface area (Å²) >= 11 is 0. The van der Waals surface area contributed by atoms with E-state index in [0.29, 0.717) is 5.92 Å². The minimum atomic E-state index is -0.426. The Balaban J connectivity index is 2.34. The van der Waals surface area contributed by atoms with Gasteiger partial charge in [0.15, 0.2) is 0 Å². The van der Waals surface area contributed by atoms with E-state index >= 15 is 0 Å². The molecule has 108 valence electrons. The monoisotopic (exact) mass is 270 g/mol. The number of rotatable bonds is 2. The van der Waals surface area contributed by atoms with Gasteiger partial charge in [0.25, 0.3) is 0 Å². The SMILES string of the molecule is Cc1cccc(NC2(C#N)CCCCC2C(C)(C)C)c1. The molecule has 0 spiro atoms. The average molecular weight is 270 g/mol. The van der Waals surface area contributed by atoms with Crippen LogP contribution in [-0.2, 0) is 0 Å². The molecule has 2 rings (SSSR count). The Bertz CT molecular complexity index is 507. The first-order valence-electron chi connectivity index (χ1n) is 7.63. The Labute approximate surface area is 123 Å². The summed E-state index contributed by atoms with van der Waals surface area (Å²) in [5.41, 5.74) is 2.02. The van der Waals surface area contributed by atoms with Crippen LogP contribution in [0.2, 0.25) is 0 Å². The number of nitriles is 1. The van der Waals surface area contributed by atoms with Crippen LogP contribution in [-0.4, -0.2) is 5.54 Å². The topological polar surface area (TPSA) is 35.8 Å². The Hall–Kier alpha value is -1.49. The second kappa shape index (κ2) is 5.48. The van der Waals surface area contributed by atoms with Crippen LogP contribution in [0.3, 0.4) is 0 Å². The first kappa shape index (κ1) is 14.9. The van der Waals surface area contributed by atoms with E-state index in [-0.39, 0.29) is 5.41 Å². The highest BCUT2D eigenvalue weighted by Gasteiger charge is 2.46. The maximum Gasteiger partial charge on any atom is 0.128 e. The van der Waals surface area contributed by atoms with E-state index in [1.807, 2.05) is 0 Å². The van der Waals surface area contributed by atoms with Crippen LogP contribution in [0.4, 0.5) is 5.69 Å². The summed E-state index contributed by atoms with van der Waals surface area (Å²) in [5, 5.41) is 13.5. The highest BCUT2D eigenvalue weighted by Crippen LogP contribution is 2.45. The molecule has 0 radical (unpaired) electrons. The third kappa shape index (κ3) is 2.98. The van der Waals surface area contributed by atoms with Crippen molar-refractivity contribution in [3.63, 3.8) is 0 Å². The zero-order valence-electron chi connectivity index (χ0n) is 13.2. The molecule has 1 N–H and O–H groups in total. The molecule has 0 bridgehead atoms. The molecule has 0 aliphatic heterocycles. The fourth-order valence-corrected chi connectivity index (χ4v) is 3.64. The molecular formula is C18H26N2. The number of nitrogens with zero attached hydrogens (tertiary/aromatic N) is 1. The molecule has 20 heavy (non-hydrogen) atoms. The Morgan fingerprint density at radius 3 is 2.65 bits per heavy atom. The van der Waals surface area contributed by atoms with Crippen LogP contribution in [0.1, 0.15) is 52.0 Å². The lowest BCUT2D eigenvalue weighted by Crippen LogP contribution is -2.51. The first-order chi connectivity index (χ1) is 9.37. The fraction of sp³-hybridized carbons (Fsp3) is 0.611. The fourth-order valence-electron chi connectivity index (χ4n) is 3.64. The van der Waals surface area contributed by atoms with E-state index in [0.717, 1.165) is 24.9 Å². The molecule has 2 atom stereocenters. The second-order valence-corrected chi connectivity index (χ2v) is 7.24. The molecule has 2 unspecified atom stereocenters. The highest BCUT2D eigenvalue weighted by atomic mass is 15.0. The summed E-state index contributed by atoms with van der Waals surface area (Å²) in [5.74, 6) is 0.384. The number of hydrogen-bond acceptors (Lipinski definition) is 2. The maximum atomic E-state index is 9.89. The number of hydrogen-bond donors (Lipinski definition) is 1. The smallest absolute Gasteiger partial charge is 0.128 e. The van der Waals surface area contributed by atoms with Crippen molar-refractivity contribution in [2.24, 2.45) is 11.3 Å². The van der Waals surface area contributed by atoms with E-state index in [4.69, 9.17) is 0 Å². The number of anilines is 1. The lowest BCUT2D eigenvalue weighted by atomic mass is 9.62. The molecule has 0 heterocycles. The van der Waals surface area contributed by atoms with Crippen LogP contribution in [0.5, 0.6) is 0 Å². The molecular weight excluding hydrogens is 244 g/mol. The largest absolute Gasteiger partial charge is 0.367 e. The van der Waals surface area contributed by atoms with Crippen molar-refractivity contribution in [1.29, 1.82) is 5.26 Å². The van der Waals surface area contributed by atoms with Crippen molar-refractivity contribution in [3.8, 4) is 6.07 Å². The van der Waals surface area contributed by atoms with Crippen molar-refractivity contribution < 1.29 is 0 Å². The first-order valence-corrected chi connectivity index (χ1v) is 7.63. The summed E-state index contributed by atoms with van der Waals surface area (Å²) in [7, 11) is 0. The summed E-state index contributed by atoms with van der Waals surface area (Å²) in [4.78, 5) is 0. The van der Waals surface area contributed by atoms with Gasteiger partial charge in [-0.2, -0.15) is 5.26 Å². The number of aryl methyl sites for hydroxylation is 1. The van der Waals surface area contributed by atoms with Gasteiger partial charge < -0.3 is 5.32 Å². The predicted octanol–water partition coefficient (Wildman–Crippen LogP) is 4.91. The molecule has 1 saturated carbocycles. The second-order valence-electron chi connectivity index (χ2n) is 7.24. The van der Waals surface area contributed by atoms with Crippen molar-refractivity contribution >= 4 is 5.69 Å². The van der Waals surface area contributed by atoms with Gasteiger partial charge in [-0.25, -0.2) is 0 Å². The van der Waals surface area contributed by atoms with E-state index in [2.05, 4.69) is 63.3 Å². The van der Waals surface area contributed by atoms with Crippen LogP contribution >= 0.6 is 0 Å². The van der Waals surface area contributed by atoms with E-state index in [9.17, 15) is 5.26 Å². The maximum absolute atomic E-state index is 9.89. The van der Waals surface area contributed by atoms with Crippen LogP contribution in [0.15, 0.2) is 24.3 Å². The summed E-state index contributed by atoms with van der Waals surface area (Å²) in [6.45, 7) is 8.86.